The standard InChI is InChI=1S/C30H19ClFN3O3/c31-23-15-19(13-14-27(23)37-18-21-8-1-4-10-24(21)32)17-33-35-29(28-16-20-7-2-6-12-26(20)38-28)34-25-11-5-3-9-22(25)30(35)36/h1-17H,18H2. The van der Waals surface area contributed by atoms with Crippen molar-refractivity contribution < 1.29 is 13.5 Å². The summed E-state index contributed by atoms with van der Waals surface area (Å²) in [4.78, 5) is 18.1. The highest BCUT2D eigenvalue weighted by atomic mass is 35.5. The van der Waals surface area contributed by atoms with Crippen molar-refractivity contribution in [3.63, 3.8) is 0 Å². The Morgan fingerprint density at radius 1 is 0.974 bits per heavy atom. The van der Waals surface area contributed by atoms with Crippen molar-refractivity contribution in [3.8, 4) is 17.3 Å². The number of aromatic nitrogens is 2. The fourth-order valence-corrected chi connectivity index (χ4v) is 4.34. The lowest BCUT2D eigenvalue weighted by Crippen LogP contribution is -2.20. The van der Waals surface area contributed by atoms with Crippen LogP contribution < -0.4 is 10.3 Å². The molecule has 6 rings (SSSR count). The number of hydrogen-bond acceptors (Lipinski definition) is 5. The molecule has 38 heavy (non-hydrogen) atoms. The highest BCUT2D eigenvalue weighted by Crippen LogP contribution is 2.28. The van der Waals surface area contributed by atoms with Crippen LogP contribution in [0, 0.1) is 5.82 Å². The molecule has 0 spiro atoms. The Morgan fingerprint density at radius 2 is 1.76 bits per heavy atom. The minimum atomic E-state index is -0.345. The molecule has 186 valence electrons. The summed E-state index contributed by atoms with van der Waals surface area (Å²) < 4.78 is 26.8. The second-order valence-corrected chi connectivity index (χ2v) is 8.94. The summed E-state index contributed by atoms with van der Waals surface area (Å²) >= 11 is 6.42. The van der Waals surface area contributed by atoms with E-state index in [0.29, 0.717) is 44.1 Å². The van der Waals surface area contributed by atoms with Gasteiger partial charge in [-0.2, -0.15) is 9.78 Å². The monoisotopic (exact) mass is 523 g/mol. The molecule has 2 heterocycles. The van der Waals surface area contributed by atoms with Gasteiger partial charge in [0.25, 0.3) is 5.56 Å². The fraction of sp³-hybridized carbons (Fsp3) is 0.0333. The number of benzene rings is 4. The Morgan fingerprint density at radius 3 is 2.61 bits per heavy atom. The number of furan rings is 1. The number of para-hydroxylation sites is 2. The first-order valence-corrected chi connectivity index (χ1v) is 12.2. The lowest BCUT2D eigenvalue weighted by Gasteiger charge is -2.09. The Balaban J connectivity index is 1.35. The maximum absolute atomic E-state index is 13.9. The lowest BCUT2D eigenvalue weighted by molar-refractivity contribution is 0.300. The van der Waals surface area contributed by atoms with Crippen LogP contribution in [0.15, 0.2) is 111 Å². The van der Waals surface area contributed by atoms with Gasteiger partial charge in [0.05, 0.1) is 22.1 Å². The van der Waals surface area contributed by atoms with Crippen molar-refractivity contribution >= 4 is 39.7 Å². The summed E-state index contributed by atoms with van der Waals surface area (Å²) in [6.07, 6.45) is 1.51. The van der Waals surface area contributed by atoms with E-state index in [1.807, 2.05) is 36.4 Å². The van der Waals surface area contributed by atoms with Gasteiger partial charge in [-0.25, -0.2) is 9.37 Å². The average Bonchev–Trinajstić information content (AvgIpc) is 3.37. The molecular weight excluding hydrogens is 505 g/mol. The van der Waals surface area contributed by atoms with Crippen LogP contribution in [0.5, 0.6) is 5.75 Å². The summed E-state index contributed by atoms with van der Waals surface area (Å²) in [5, 5.41) is 6.10. The Bertz CT molecular complexity index is 1860. The summed E-state index contributed by atoms with van der Waals surface area (Å²) in [7, 11) is 0. The number of nitrogens with zero attached hydrogens (tertiary/aromatic N) is 3. The average molecular weight is 524 g/mol. The van der Waals surface area contributed by atoms with Gasteiger partial charge in [0, 0.05) is 10.9 Å². The highest BCUT2D eigenvalue weighted by Gasteiger charge is 2.16. The van der Waals surface area contributed by atoms with Gasteiger partial charge in [0.1, 0.15) is 23.8 Å². The molecule has 6 nitrogen and oxygen atoms in total. The van der Waals surface area contributed by atoms with Gasteiger partial charge < -0.3 is 9.15 Å². The third-order valence-electron chi connectivity index (χ3n) is 6.02. The lowest BCUT2D eigenvalue weighted by atomic mass is 10.2. The Hall–Kier alpha value is -4.75. The number of ether oxygens (including phenoxy) is 1. The van der Waals surface area contributed by atoms with E-state index in [1.165, 1.54) is 17.0 Å². The van der Waals surface area contributed by atoms with Crippen LogP contribution in [0.25, 0.3) is 33.5 Å². The second kappa shape index (κ2) is 9.95. The van der Waals surface area contributed by atoms with Crippen molar-refractivity contribution in [2.24, 2.45) is 5.10 Å². The molecule has 0 saturated heterocycles. The molecule has 6 aromatic rings. The molecule has 0 bridgehead atoms. The van der Waals surface area contributed by atoms with Crippen LogP contribution in [-0.4, -0.2) is 15.9 Å². The van der Waals surface area contributed by atoms with E-state index in [1.54, 1.807) is 54.6 Å². The van der Waals surface area contributed by atoms with Gasteiger partial charge in [0.2, 0.25) is 5.82 Å². The largest absolute Gasteiger partial charge is 0.487 e. The van der Waals surface area contributed by atoms with E-state index in [4.69, 9.17) is 20.8 Å². The SMILES string of the molecule is O=c1c2ccccc2nc(-c2cc3ccccc3o2)n1N=Cc1ccc(OCc2ccccc2F)c(Cl)c1. The summed E-state index contributed by atoms with van der Waals surface area (Å²) in [6, 6.07) is 27.9. The zero-order valence-electron chi connectivity index (χ0n) is 19.8. The van der Waals surface area contributed by atoms with Crippen LogP contribution in [0.4, 0.5) is 4.39 Å². The summed E-state index contributed by atoms with van der Waals surface area (Å²) in [5.41, 5.74) is 1.94. The highest BCUT2D eigenvalue weighted by molar-refractivity contribution is 6.32. The molecule has 0 aliphatic rings. The number of fused-ring (bicyclic) bond motifs is 2. The van der Waals surface area contributed by atoms with Crippen LogP contribution in [0.1, 0.15) is 11.1 Å². The minimum absolute atomic E-state index is 0.0405. The number of halogens is 2. The topological polar surface area (TPSA) is 69.6 Å². The van der Waals surface area contributed by atoms with Gasteiger partial charge >= 0.3 is 0 Å². The molecule has 8 heteroatoms. The molecule has 0 aliphatic carbocycles. The second-order valence-electron chi connectivity index (χ2n) is 8.53. The number of rotatable bonds is 6. The number of hydrogen-bond donors (Lipinski definition) is 0. The molecule has 0 atom stereocenters. The van der Waals surface area contributed by atoms with E-state index in [0.717, 1.165) is 5.39 Å². The maximum Gasteiger partial charge on any atom is 0.282 e. The molecule has 0 amide bonds. The van der Waals surface area contributed by atoms with Gasteiger partial charge in [-0.05, 0) is 54.1 Å². The molecule has 0 aliphatic heterocycles. The predicted octanol–water partition coefficient (Wildman–Crippen LogP) is 7.06. The molecule has 0 saturated carbocycles. The van der Waals surface area contributed by atoms with Crippen molar-refractivity contribution in [2.45, 2.75) is 6.61 Å². The van der Waals surface area contributed by atoms with Crippen LogP contribution in [0.2, 0.25) is 5.02 Å². The molecule has 2 aromatic heterocycles. The molecule has 4 aromatic carbocycles. The quantitative estimate of drug-likeness (QED) is 0.219. The zero-order valence-corrected chi connectivity index (χ0v) is 20.6. The van der Waals surface area contributed by atoms with Gasteiger partial charge in [-0.15, -0.1) is 0 Å². The first-order chi connectivity index (χ1) is 18.6. The third kappa shape index (κ3) is 4.55. The summed E-state index contributed by atoms with van der Waals surface area (Å²) in [6.45, 7) is 0.0405. The van der Waals surface area contributed by atoms with Crippen molar-refractivity contribution in [1.29, 1.82) is 0 Å². The molecule has 0 radical (unpaired) electrons. The Labute approximate surface area is 221 Å². The summed E-state index contributed by atoms with van der Waals surface area (Å²) in [5.74, 6) is 0.750. The fourth-order valence-electron chi connectivity index (χ4n) is 4.09. The van der Waals surface area contributed by atoms with E-state index >= 15 is 0 Å². The molecule has 0 N–H and O–H groups in total. The molecular formula is C30H19ClFN3O3. The molecule has 0 fully saturated rings. The van der Waals surface area contributed by atoms with Crippen molar-refractivity contribution in [2.75, 3.05) is 0 Å². The van der Waals surface area contributed by atoms with E-state index in [-0.39, 0.29) is 23.8 Å². The van der Waals surface area contributed by atoms with E-state index in [2.05, 4.69) is 10.1 Å². The van der Waals surface area contributed by atoms with Gasteiger partial charge in [-0.3, -0.25) is 4.79 Å². The first kappa shape index (κ1) is 23.6. The smallest absolute Gasteiger partial charge is 0.282 e. The van der Waals surface area contributed by atoms with Crippen molar-refractivity contribution in [1.82, 2.24) is 9.66 Å². The van der Waals surface area contributed by atoms with E-state index < -0.39 is 0 Å². The van der Waals surface area contributed by atoms with Gasteiger partial charge in [0.15, 0.2) is 5.76 Å². The van der Waals surface area contributed by atoms with Crippen LogP contribution in [-0.2, 0) is 6.61 Å². The predicted molar refractivity (Wildman–Crippen MR) is 146 cm³/mol. The third-order valence-corrected chi connectivity index (χ3v) is 6.31. The van der Waals surface area contributed by atoms with Crippen LogP contribution in [0.3, 0.4) is 0 Å². The maximum atomic E-state index is 13.9. The van der Waals surface area contributed by atoms with Crippen LogP contribution >= 0.6 is 11.6 Å². The normalized spacial score (nSPS) is 11.5. The first-order valence-electron chi connectivity index (χ1n) is 11.8. The zero-order chi connectivity index (χ0) is 26.1. The Kier molecular flexibility index (Phi) is 6.19. The van der Waals surface area contributed by atoms with Crippen molar-refractivity contribution in [3.05, 3.63) is 129 Å². The van der Waals surface area contributed by atoms with E-state index in [9.17, 15) is 9.18 Å². The van der Waals surface area contributed by atoms with Gasteiger partial charge in [-0.1, -0.05) is 60.1 Å². The molecule has 0 unspecified atom stereocenters. The minimum Gasteiger partial charge on any atom is -0.487 e.